The summed E-state index contributed by atoms with van der Waals surface area (Å²) in [7, 11) is 0. The minimum atomic E-state index is -0.324. The third kappa shape index (κ3) is 2.48. The average Bonchev–Trinajstić information content (AvgIpc) is 2.52. The lowest BCUT2D eigenvalue weighted by atomic mass is 10.0. The van der Waals surface area contributed by atoms with Gasteiger partial charge in [0, 0.05) is 5.39 Å². The Morgan fingerprint density at radius 2 is 2.10 bits per heavy atom. The molecule has 0 fully saturated rings. The highest BCUT2D eigenvalue weighted by atomic mass is 16.3. The Kier molecular flexibility index (Phi) is 3.36. The van der Waals surface area contributed by atoms with E-state index >= 15 is 0 Å². The zero-order chi connectivity index (χ0) is 14.8. The zero-order valence-electron chi connectivity index (χ0n) is 11.4. The smallest absolute Gasteiger partial charge is 0.255 e. The van der Waals surface area contributed by atoms with E-state index in [0.717, 1.165) is 17.2 Å². The fraction of sp³-hybridized carbons (Fsp3) is 0.118. The van der Waals surface area contributed by atoms with Crippen LogP contribution in [-0.2, 0) is 0 Å². The lowest BCUT2D eigenvalue weighted by molar-refractivity contribution is 0.0942. The summed E-state index contributed by atoms with van der Waals surface area (Å²) >= 11 is 0. The van der Waals surface area contributed by atoms with Crippen molar-refractivity contribution in [1.82, 2.24) is 5.32 Å². The van der Waals surface area contributed by atoms with E-state index in [2.05, 4.69) is 5.32 Å². The summed E-state index contributed by atoms with van der Waals surface area (Å²) < 4.78 is 0. The molecule has 1 aliphatic carbocycles. The number of amides is 1. The molecule has 4 N–H and O–H groups in total. The van der Waals surface area contributed by atoms with Gasteiger partial charge in [0.1, 0.15) is 0 Å². The Morgan fingerprint density at radius 1 is 1.29 bits per heavy atom. The van der Waals surface area contributed by atoms with Crippen molar-refractivity contribution in [2.75, 3.05) is 5.73 Å². The van der Waals surface area contributed by atoms with E-state index in [1.165, 1.54) is 0 Å². The summed E-state index contributed by atoms with van der Waals surface area (Å²) in [6.07, 6.45) is 8.47. The topological polar surface area (TPSA) is 75.3 Å². The number of benzene rings is 2. The molecular formula is C17H16N2O2. The summed E-state index contributed by atoms with van der Waals surface area (Å²) in [6, 6.07) is 9.01. The molecule has 0 saturated carbocycles. The normalized spacial score (nSPS) is 17.0. The van der Waals surface area contributed by atoms with Crippen LogP contribution in [0.2, 0.25) is 0 Å². The molecule has 1 unspecified atom stereocenters. The molecule has 4 heteroatoms. The monoisotopic (exact) mass is 280 g/mol. The number of carbonyl (C=O) groups excluding carboxylic acids is 1. The maximum Gasteiger partial charge on any atom is 0.255 e. The molecule has 1 atom stereocenters. The summed E-state index contributed by atoms with van der Waals surface area (Å²) in [5.41, 5.74) is 6.37. The van der Waals surface area contributed by atoms with Gasteiger partial charge in [-0.15, -0.1) is 0 Å². The molecule has 21 heavy (non-hydrogen) atoms. The van der Waals surface area contributed by atoms with Crippen LogP contribution in [0.5, 0.6) is 5.75 Å². The van der Waals surface area contributed by atoms with Crippen molar-refractivity contribution in [1.29, 1.82) is 0 Å². The number of anilines is 1. The minimum absolute atomic E-state index is 0.0606. The molecule has 1 amide bonds. The molecule has 0 radical (unpaired) electrons. The van der Waals surface area contributed by atoms with Gasteiger partial charge in [-0.25, -0.2) is 0 Å². The van der Waals surface area contributed by atoms with Crippen molar-refractivity contribution in [2.24, 2.45) is 0 Å². The minimum Gasteiger partial charge on any atom is -0.505 e. The second-order valence-electron chi connectivity index (χ2n) is 5.04. The molecule has 0 bridgehead atoms. The Labute approximate surface area is 122 Å². The van der Waals surface area contributed by atoms with Crippen LogP contribution < -0.4 is 11.1 Å². The van der Waals surface area contributed by atoms with E-state index in [0.29, 0.717) is 0 Å². The van der Waals surface area contributed by atoms with Crippen LogP contribution >= 0.6 is 0 Å². The molecule has 2 aromatic rings. The van der Waals surface area contributed by atoms with Gasteiger partial charge in [0.2, 0.25) is 0 Å². The molecule has 2 aromatic carbocycles. The summed E-state index contributed by atoms with van der Waals surface area (Å²) in [4.78, 5) is 12.3. The molecule has 4 nitrogen and oxygen atoms in total. The molecule has 1 aliphatic rings. The number of fused-ring (bicyclic) bond motifs is 1. The number of hydrogen-bond donors (Lipinski definition) is 3. The molecule has 106 valence electrons. The summed E-state index contributed by atoms with van der Waals surface area (Å²) in [6.45, 7) is 0. The number of nitrogen functional groups attached to an aromatic ring is 1. The van der Waals surface area contributed by atoms with Crippen molar-refractivity contribution < 1.29 is 9.90 Å². The molecule has 0 spiro atoms. The Morgan fingerprint density at radius 3 is 2.86 bits per heavy atom. The second-order valence-corrected chi connectivity index (χ2v) is 5.04. The van der Waals surface area contributed by atoms with Crippen molar-refractivity contribution in [2.45, 2.75) is 12.5 Å². The van der Waals surface area contributed by atoms with Gasteiger partial charge >= 0.3 is 0 Å². The molecule has 0 saturated heterocycles. The Hall–Kier alpha value is -2.75. The van der Waals surface area contributed by atoms with Crippen LogP contribution in [0.4, 0.5) is 5.69 Å². The van der Waals surface area contributed by atoms with Gasteiger partial charge in [0.05, 0.1) is 17.3 Å². The number of nitrogens with one attached hydrogen (secondary N) is 1. The number of phenolic OH excluding ortho intramolecular Hbond substituents is 1. The number of hydrogen-bond acceptors (Lipinski definition) is 3. The van der Waals surface area contributed by atoms with E-state index in [1.54, 1.807) is 6.07 Å². The molecule has 0 aliphatic heterocycles. The number of phenols is 1. The van der Waals surface area contributed by atoms with Crippen molar-refractivity contribution >= 4 is 22.4 Å². The average molecular weight is 280 g/mol. The predicted molar refractivity (Wildman–Crippen MR) is 84.2 cm³/mol. The molecule has 0 aromatic heterocycles. The molecule has 3 rings (SSSR count). The van der Waals surface area contributed by atoms with E-state index < -0.39 is 0 Å². The quantitative estimate of drug-likeness (QED) is 0.585. The maximum atomic E-state index is 12.3. The fourth-order valence-electron chi connectivity index (χ4n) is 2.47. The summed E-state index contributed by atoms with van der Waals surface area (Å²) in [5, 5.41) is 14.6. The fourth-order valence-corrected chi connectivity index (χ4v) is 2.47. The van der Waals surface area contributed by atoms with Crippen molar-refractivity contribution in [3.63, 3.8) is 0 Å². The first-order valence-electron chi connectivity index (χ1n) is 6.81. The van der Waals surface area contributed by atoms with E-state index in [-0.39, 0.29) is 28.9 Å². The predicted octanol–water partition coefficient (Wildman–Crippen LogP) is 2.74. The van der Waals surface area contributed by atoms with Crippen LogP contribution in [0.1, 0.15) is 16.8 Å². The number of carbonyl (C=O) groups is 1. The van der Waals surface area contributed by atoms with Gasteiger partial charge in [-0.2, -0.15) is 0 Å². The van der Waals surface area contributed by atoms with Crippen molar-refractivity contribution in [3.8, 4) is 5.75 Å². The van der Waals surface area contributed by atoms with Gasteiger partial charge in [0.25, 0.3) is 5.91 Å². The zero-order valence-corrected chi connectivity index (χ0v) is 11.4. The van der Waals surface area contributed by atoms with Crippen LogP contribution in [-0.4, -0.2) is 17.1 Å². The first kappa shape index (κ1) is 13.2. The second kappa shape index (κ2) is 5.32. The largest absolute Gasteiger partial charge is 0.505 e. The van der Waals surface area contributed by atoms with Gasteiger partial charge in [0.15, 0.2) is 5.75 Å². The number of rotatable bonds is 2. The lowest BCUT2D eigenvalue weighted by Gasteiger charge is -2.16. The highest BCUT2D eigenvalue weighted by Crippen LogP contribution is 2.33. The first-order chi connectivity index (χ1) is 10.2. The number of allylic oxidation sites excluding steroid dienone is 2. The van der Waals surface area contributed by atoms with Gasteiger partial charge in [-0.3, -0.25) is 4.79 Å². The van der Waals surface area contributed by atoms with Crippen LogP contribution in [0.3, 0.4) is 0 Å². The van der Waals surface area contributed by atoms with Gasteiger partial charge in [-0.1, -0.05) is 48.6 Å². The van der Waals surface area contributed by atoms with Gasteiger partial charge in [-0.05, 0) is 17.9 Å². The third-order valence-electron chi connectivity index (χ3n) is 3.60. The summed E-state index contributed by atoms with van der Waals surface area (Å²) in [5.74, 6) is -0.489. The van der Waals surface area contributed by atoms with E-state index in [1.807, 2.05) is 48.6 Å². The Balaban J connectivity index is 1.96. The maximum absolute atomic E-state index is 12.3. The van der Waals surface area contributed by atoms with Crippen molar-refractivity contribution in [3.05, 3.63) is 60.2 Å². The van der Waals surface area contributed by atoms with Crippen LogP contribution in [0, 0.1) is 0 Å². The Bertz CT molecular complexity index is 763. The van der Waals surface area contributed by atoms with Gasteiger partial charge < -0.3 is 16.2 Å². The van der Waals surface area contributed by atoms with Crippen LogP contribution in [0.25, 0.3) is 10.8 Å². The molecular weight excluding hydrogens is 264 g/mol. The van der Waals surface area contributed by atoms with Crippen LogP contribution in [0.15, 0.2) is 54.6 Å². The molecule has 0 heterocycles. The first-order valence-corrected chi connectivity index (χ1v) is 6.81. The van der Waals surface area contributed by atoms with E-state index in [9.17, 15) is 9.90 Å². The standard InChI is InChI=1S/C17H16N2O2/c18-15-13-9-5-4-6-11(13)10-14(16(15)20)17(21)19-12-7-2-1-3-8-12/h1-7,9-10,12,20H,8,18H2,(H,19,21). The lowest BCUT2D eigenvalue weighted by Crippen LogP contribution is -2.33. The number of aromatic hydroxyl groups is 1. The number of nitrogens with two attached hydrogens (primary N) is 1. The third-order valence-corrected chi connectivity index (χ3v) is 3.60. The highest BCUT2D eigenvalue weighted by molar-refractivity contribution is 6.07. The highest BCUT2D eigenvalue weighted by Gasteiger charge is 2.18. The SMILES string of the molecule is Nc1c(O)c(C(=O)NC2C=CC=CC2)cc2ccccc12. The van der Waals surface area contributed by atoms with E-state index in [4.69, 9.17) is 5.73 Å².